The van der Waals surface area contributed by atoms with Gasteiger partial charge in [-0.2, -0.15) is 0 Å². The fraction of sp³-hybridized carbons (Fsp3) is 0.119. The van der Waals surface area contributed by atoms with Gasteiger partial charge in [0, 0.05) is 38.7 Å². The maximum Gasteiger partial charge on any atom is 0.678 e. The second-order valence-electron chi connectivity index (χ2n) is 12.6. The molecule has 0 spiro atoms. The normalized spacial score (nSPS) is 13.9. The number of hydrogen-bond acceptors (Lipinski definition) is 1. The number of rotatable bonds is 6. The Morgan fingerprint density at radius 1 is 0.617 bits per heavy atom. The molecule has 0 radical (unpaired) electrons. The first-order valence-corrected chi connectivity index (χ1v) is 16.0. The fourth-order valence-electron chi connectivity index (χ4n) is 7.23. The smallest absolute Gasteiger partial charge is 0.324 e. The molecule has 230 valence electrons. The highest BCUT2D eigenvalue weighted by molar-refractivity contribution is 6.44. The Morgan fingerprint density at radius 3 is 1.79 bits per heavy atom. The van der Waals surface area contributed by atoms with E-state index in [-0.39, 0.29) is 0 Å². The van der Waals surface area contributed by atoms with Gasteiger partial charge >= 0.3 is 7.40 Å². The first-order valence-electron chi connectivity index (χ1n) is 16.0. The van der Waals surface area contributed by atoms with Crippen molar-refractivity contribution in [1.82, 2.24) is 4.48 Å². The van der Waals surface area contributed by atoms with Crippen LogP contribution in [-0.2, 0) is 0 Å². The minimum absolute atomic E-state index is 0.457. The van der Waals surface area contributed by atoms with Crippen LogP contribution in [0, 0.1) is 34.6 Å². The van der Waals surface area contributed by atoms with Crippen LogP contribution in [0.3, 0.4) is 0 Å². The van der Waals surface area contributed by atoms with Crippen LogP contribution in [0.4, 0.5) is 8.63 Å². The Labute approximate surface area is 275 Å². The van der Waals surface area contributed by atoms with Crippen molar-refractivity contribution in [2.24, 2.45) is 4.99 Å². The lowest BCUT2D eigenvalue weighted by Gasteiger charge is -2.19. The van der Waals surface area contributed by atoms with Gasteiger partial charge in [0.25, 0.3) is 0 Å². The lowest BCUT2D eigenvalue weighted by Crippen LogP contribution is -2.18. The number of aryl methyl sites for hydroxylation is 5. The van der Waals surface area contributed by atoms with E-state index in [0.29, 0.717) is 22.7 Å². The molecule has 5 heteroatoms. The molecule has 0 atom stereocenters. The molecule has 0 saturated heterocycles. The number of hydrogen-bond donors (Lipinski definition) is 0. The number of halogens is 2. The molecule has 0 N–H and O–H groups in total. The number of nitrogens with zero attached hydrogens (tertiary/aromatic N) is 2. The third-order valence-corrected chi connectivity index (χ3v) is 8.93. The zero-order chi connectivity index (χ0) is 32.8. The summed E-state index contributed by atoms with van der Waals surface area (Å²) in [6.45, 7) is 10.2. The molecule has 0 aliphatic carbocycles. The van der Waals surface area contributed by atoms with Crippen LogP contribution < -0.4 is 0 Å². The molecule has 47 heavy (non-hydrogen) atoms. The first-order chi connectivity index (χ1) is 22.7. The van der Waals surface area contributed by atoms with Crippen LogP contribution in [0.1, 0.15) is 50.2 Å². The maximum atomic E-state index is 15.9. The summed E-state index contributed by atoms with van der Waals surface area (Å²) in [6.07, 6.45) is 2.11. The predicted molar refractivity (Wildman–Crippen MR) is 194 cm³/mol. The largest absolute Gasteiger partial charge is 0.678 e. The summed E-state index contributed by atoms with van der Waals surface area (Å²) in [6, 6.07) is 38.3. The van der Waals surface area contributed by atoms with Gasteiger partial charge in [-0.25, -0.2) is 4.99 Å². The van der Waals surface area contributed by atoms with Crippen LogP contribution in [-0.4, -0.2) is 17.6 Å². The highest BCUT2D eigenvalue weighted by Gasteiger charge is 2.34. The molecule has 5 aromatic carbocycles. The highest BCUT2D eigenvalue weighted by Crippen LogP contribution is 2.46. The van der Waals surface area contributed by atoms with E-state index in [1.807, 2.05) is 93.6 Å². The lowest BCUT2D eigenvalue weighted by atomic mass is 9.92. The van der Waals surface area contributed by atoms with E-state index in [4.69, 9.17) is 4.99 Å². The molecule has 0 fully saturated rings. The number of aromatic nitrogens is 1. The molecule has 7 rings (SSSR count). The van der Waals surface area contributed by atoms with Gasteiger partial charge in [-0.15, -0.1) is 0 Å². The van der Waals surface area contributed by atoms with Crippen molar-refractivity contribution in [1.29, 1.82) is 0 Å². The summed E-state index contributed by atoms with van der Waals surface area (Å²) in [5.41, 5.74) is 13.0. The SMILES string of the molecule is Cc1cc(C)cc(C2=NC(=C(c3ccccc3)c3c4ccccc4c(-c4c(C)cc(C)cc4C)n3B(F)F)C(c3ccccc3)=C2)c1. The van der Waals surface area contributed by atoms with Gasteiger partial charge < -0.3 is 4.48 Å². The molecular formula is C42H35BF2N2. The Kier molecular flexibility index (Phi) is 7.85. The molecule has 2 nitrogen and oxygen atoms in total. The van der Waals surface area contributed by atoms with Crippen LogP contribution in [0.2, 0.25) is 0 Å². The minimum atomic E-state index is -2.81. The van der Waals surface area contributed by atoms with Gasteiger partial charge in [-0.05, 0) is 75.1 Å². The molecule has 0 bridgehead atoms. The van der Waals surface area contributed by atoms with Crippen LogP contribution in [0.5, 0.6) is 0 Å². The zero-order valence-corrected chi connectivity index (χ0v) is 27.3. The predicted octanol–water partition coefficient (Wildman–Crippen LogP) is 11.0. The molecule has 0 saturated carbocycles. The van der Waals surface area contributed by atoms with Crippen molar-refractivity contribution in [2.45, 2.75) is 34.6 Å². The molecule has 0 amide bonds. The average Bonchev–Trinajstić information content (AvgIpc) is 3.62. The summed E-state index contributed by atoms with van der Waals surface area (Å²) >= 11 is 0. The van der Waals surface area contributed by atoms with E-state index in [9.17, 15) is 0 Å². The average molecular weight is 617 g/mol. The maximum absolute atomic E-state index is 15.9. The van der Waals surface area contributed by atoms with Crippen LogP contribution in [0.25, 0.3) is 33.2 Å². The van der Waals surface area contributed by atoms with Crippen molar-refractivity contribution in [3.63, 3.8) is 0 Å². The highest BCUT2D eigenvalue weighted by atomic mass is 19.2. The van der Waals surface area contributed by atoms with Crippen molar-refractivity contribution in [3.8, 4) is 11.3 Å². The second-order valence-corrected chi connectivity index (χ2v) is 12.6. The Hall–Kier alpha value is -5.29. The molecule has 1 aromatic heterocycles. The summed E-state index contributed by atoms with van der Waals surface area (Å²) in [7, 11) is -2.81. The summed E-state index contributed by atoms with van der Waals surface area (Å²) < 4.78 is 33.0. The van der Waals surface area contributed by atoms with Crippen molar-refractivity contribution in [3.05, 3.63) is 177 Å². The third kappa shape index (κ3) is 5.46. The van der Waals surface area contributed by atoms with Gasteiger partial charge in [0.05, 0.1) is 17.1 Å². The molecule has 2 heterocycles. The van der Waals surface area contributed by atoms with E-state index in [1.165, 1.54) is 4.48 Å². The van der Waals surface area contributed by atoms with Crippen LogP contribution >= 0.6 is 0 Å². The van der Waals surface area contributed by atoms with E-state index in [1.54, 1.807) is 0 Å². The zero-order valence-electron chi connectivity index (χ0n) is 27.3. The number of allylic oxidation sites excluding steroid dienone is 2. The number of fused-ring (bicyclic) bond motifs is 1. The number of aliphatic imine (C=N–C) groups is 1. The third-order valence-electron chi connectivity index (χ3n) is 8.93. The first kappa shape index (κ1) is 30.4. The Bertz CT molecular complexity index is 2210. The Morgan fingerprint density at radius 2 is 1.17 bits per heavy atom. The molecule has 1 aliphatic heterocycles. The topological polar surface area (TPSA) is 17.3 Å². The summed E-state index contributed by atoms with van der Waals surface area (Å²) in [5.74, 6) is 0. The van der Waals surface area contributed by atoms with Crippen molar-refractivity contribution >= 4 is 35.0 Å². The lowest BCUT2D eigenvalue weighted by molar-refractivity contribution is 0.630. The van der Waals surface area contributed by atoms with E-state index in [0.717, 1.165) is 72.1 Å². The van der Waals surface area contributed by atoms with E-state index < -0.39 is 7.40 Å². The summed E-state index contributed by atoms with van der Waals surface area (Å²) in [5, 5.41) is 1.55. The van der Waals surface area contributed by atoms with Gasteiger partial charge in [0.2, 0.25) is 0 Å². The second kappa shape index (κ2) is 12.1. The standard InChI is InChI=1S/C42H35BF2N2/c1-26-20-27(2)24-33(23-26)37-25-36(31-14-8-6-9-15-31)40(46-37)39(32-16-10-7-11-17-32)42-35-19-13-12-18-34(35)41(47(42)43(44)45)38-29(4)21-28(3)22-30(38)5/h6-25H,1-5H3. The van der Waals surface area contributed by atoms with Crippen molar-refractivity contribution < 1.29 is 8.63 Å². The van der Waals surface area contributed by atoms with Crippen molar-refractivity contribution in [2.75, 3.05) is 0 Å². The molecule has 6 aromatic rings. The van der Waals surface area contributed by atoms with Gasteiger partial charge in [0.15, 0.2) is 0 Å². The van der Waals surface area contributed by atoms with Crippen LogP contribution in [0.15, 0.2) is 132 Å². The molecular weight excluding hydrogens is 581 g/mol. The van der Waals surface area contributed by atoms with E-state index >= 15 is 8.63 Å². The van der Waals surface area contributed by atoms with Gasteiger partial charge in [0.1, 0.15) is 0 Å². The van der Waals surface area contributed by atoms with E-state index in [2.05, 4.69) is 62.4 Å². The Balaban J connectivity index is 1.65. The molecule has 1 aliphatic rings. The minimum Gasteiger partial charge on any atom is -0.324 e. The quantitative estimate of drug-likeness (QED) is 0.166. The monoisotopic (exact) mass is 616 g/mol. The van der Waals surface area contributed by atoms with Gasteiger partial charge in [-0.3, -0.25) is 8.63 Å². The molecule has 0 unspecified atom stereocenters. The van der Waals surface area contributed by atoms with Gasteiger partial charge in [-0.1, -0.05) is 120 Å². The summed E-state index contributed by atoms with van der Waals surface area (Å²) in [4.78, 5) is 5.33. The number of benzene rings is 5. The fourth-order valence-corrected chi connectivity index (χ4v) is 7.23.